The summed E-state index contributed by atoms with van der Waals surface area (Å²) < 4.78 is 39.5. The van der Waals surface area contributed by atoms with Crippen molar-refractivity contribution in [1.82, 2.24) is 25.0 Å². The van der Waals surface area contributed by atoms with Crippen LogP contribution < -0.4 is 5.32 Å². The van der Waals surface area contributed by atoms with E-state index in [1.54, 1.807) is 11.2 Å². The first-order valence-corrected chi connectivity index (χ1v) is 8.60. The number of aromatic nitrogens is 3. The third kappa shape index (κ3) is 4.96. The Balaban J connectivity index is 1.46. The molecule has 0 saturated heterocycles. The number of alkyl halides is 3. The van der Waals surface area contributed by atoms with Crippen LogP contribution in [-0.4, -0.2) is 51.1 Å². The van der Waals surface area contributed by atoms with Crippen molar-refractivity contribution in [1.29, 1.82) is 0 Å². The number of carbonyl (C=O) groups excluding carboxylic acids is 2. The van der Waals surface area contributed by atoms with E-state index in [9.17, 15) is 22.8 Å². The molecule has 7 nitrogen and oxygen atoms in total. The van der Waals surface area contributed by atoms with E-state index in [1.807, 2.05) is 4.57 Å². The molecule has 1 aromatic carbocycles. The van der Waals surface area contributed by atoms with E-state index in [4.69, 9.17) is 0 Å². The Morgan fingerprint density at radius 2 is 1.89 bits per heavy atom. The van der Waals surface area contributed by atoms with Gasteiger partial charge in [0, 0.05) is 32.1 Å². The summed E-state index contributed by atoms with van der Waals surface area (Å²) in [6.07, 6.45) is 0.379. The number of amides is 2. The van der Waals surface area contributed by atoms with Crippen LogP contribution in [0.2, 0.25) is 0 Å². The lowest BCUT2D eigenvalue weighted by atomic mass is 10.1. The van der Waals surface area contributed by atoms with Crippen molar-refractivity contribution < 1.29 is 22.8 Å². The predicted octanol–water partition coefficient (Wildman–Crippen LogP) is 1.51. The summed E-state index contributed by atoms with van der Waals surface area (Å²) in [5.74, 6) is 0.106. The van der Waals surface area contributed by atoms with Crippen LogP contribution in [0, 0.1) is 0 Å². The van der Waals surface area contributed by atoms with Crippen molar-refractivity contribution in [3.63, 3.8) is 0 Å². The molecule has 28 heavy (non-hydrogen) atoms. The van der Waals surface area contributed by atoms with Gasteiger partial charge in [0.05, 0.1) is 12.1 Å². The molecule has 1 aromatic heterocycles. The summed E-state index contributed by atoms with van der Waals surface area (Å²) in [5, 5.41) is 10.3. The van der Waals surface area contributed by atoms with Gasteiger partial charge in [0.25, 0.3) is 0 Å². The normalized spacial score (nSPS) is 14.6. The lowest BCUT2D eigenvalue weighted by Crippen LogP contribution is -2.41. The van der Waals surface area contributed by atoms with Crippen LogP contribution in [0.1, 0.15) is 17.0 Å². The van der Waals surface area contributed by atoms with E-state index in [0.29, 0.717) is 31.6 Å². The fourth-order valence-electron chi connectivity index (χ4n) is 2.77. The summed E-state index contributed by atoms with van der Waals surface area (Å²) in [6, 6.07) is 4.43. The van der Waals surface area contributed by atoms with Gasteiger partial charge >= 0.3 is 6.18 Å². The van der Waals surface area contributed by atoms with Crippen molar-refractivity contribution in [3.8, 4) is 0 Å². The van der Waals surface area contributed by atoms with Crippen LogP contribution in [0.3, 0.4) is 0 Å². The first-order valence-electron chi connectivity index (χ1n) is 8.60. The molecule has 148 valence electrons. The van der Waals surface area contributed by atoms with Crippen LogP contribution in [-0.2, 0) is 28.7 Å². The second-order valence-corrected chi connectivity index (χ2v) is 6.24. The molecule has 0 saturated carbocycles. The van der Waals surface area contributed by atoms with Gasteiger partial charge in [-0.2, -0.15) is 13.2 Å². The summed E-state index contributed by atoms with van der Waals surface area (Å²) in [5.41, 5.74) is -0.306. The van der Waals surface area contributed by atoms with Crippen molar-refractivity contribution in [2.75, 3.05) is 19.6 Å². The number of halogens is 3. The SMILES string of the molecule is O=C(/C=C/c1ccc(C(F)(F)F)cc1)NCC(=O)N1CCc2nncn2CC1. The van der Waals surface area contributed by atoms with Crippen LogP contribution in [0.5, 0.6) is 0 Å². The Kier molecular flexibility index (Phi) is 5.76. The Labute approximate surface area is 158 Å². The molecule has 0 radical (unpaired) electrons. The number of hydrogen-bond acceptors (Lipinski definition) is 4. The maximum Gasteiger partial charge on any atom is 0.416 e. The molecule has 10 heteroatoms. The van der Waals surface area contributed by atoms with E-state index in [1.165, 1.54) is 24.3 Å². The van der Waals surface area contributed by atoms with Crippen LogP contribution >= 0.6 is 0 Å². The van der Waals surface area contributed by atoms with E-state index < -0.39 is 17.6 Å². The zero-order chi connectivity index (χ0) is 20.1. The number of benzene rings is 1. The zero-order valence-electron chi connectivity index (χ0n) is 14.8. The van der Waals surface area contributed by atoms with Gasteiger partial charge in [-0.3, -0.25) is 9.59 Å². The maximum absolute atomic E-state index is 12.5. The highest BCUT2D eigenvalue weighted by molar-refractivity contribution is 5.94. The average molecular weight is 393 g/mol. The molecule has 3 rings (SSSR count). The van der Waals surface area contributed by atoms with Gasteiger partial charge in [0.2, 0.25) is 11.8 Å². The first kappa shape index (κ1) is 19.6. The smallest absolute Gasteiger partial charge is 0.343 e. The van der Waals surface area contributed by atoms with Crippen LogP contribution in [0.25, 0.3) is 6.08 Å². The zero-order valence-corrected chi connectivity index (χ0v) is 14.8. The third-order valence-corrected chi connectivity index (χ3v) is 4.34. The minimum absolute atomic E-state index is 0.156. The molecule has 1 aliphatic rings. The van der Waals surface area contributed by atoms with Crippen molar-refractivity contribution >= 4 is 17.9 Å². The molecule has 0 unspecified atom stereocenters. The minimum Gasteiger partial charge on any atom is -0.343 e. The van der Waals surface area contributed by atoms with Crippen molar-refractivity contribution in [2.45, 2.75) is 19.1 Å². The van der Waals surface area contributed by atoms with Gasteiger partial charge in [-0.05, 0) is 23.8 Å². The topological polar surface area (TPSA) is 80.1 Å². The second-order valence-electron chi connectivity index (χ2n) is 6.24. The molecule has 0 atom stereocenters. The number of nitrogens with zero attached hydrogens (tertiary/aromatic N) is 4. The Bertz CT molecular complexity index is 852. The molecule has 0 aliphatic carbocycles. The molecular formula is C18H18F3N5O2. The number of fused-ring (bicyclic) bond motifs is 1. The van der Waals surface area contributed by atoms with Gasteiger partial charge in [-0.1, -0.05) is 12.1 Å². The highest BCUT2D eigenvalue weighted by Gasteiger charge is 2.29. The molecule has 2 amide bonds. The number of rotatable bonds is 4. The predicted molar refractivity (Wildman–Crippen MR) is 93.8 cm³/mol. The minimum atomic E-state index is -4.40. The molecule has 1 aliphatic heterocycles. The van der Waals surface area contributed by atoms with Gasteiger partial charge in [0.1, 0.15) is 12.2 Å². The first-order chi connectivity index (χ1) is 13.3. The molecule has 0 bridgehead atoms. The van der Waals surface area contributed by atoms with Crippen molar-refractivity contribution in [2.24, 2.45) is 0 Å². The largest absolute Gasteiger partial charge is 0.416 e. The van der Waals surface area contributed by atoms with Gasteiger partial charge in [0.15, 0.2) is 0 Å². The average Bonchev–Trinajstić information content (AvgIpc) is 3.02. The van der Waals surface area contributed by atoms with Crippen LogP contribution in [0.15, 0.2) is 36.7 Å². The lowest BCUT2D eigenvalue weighted by Gasteiger charge is -2.19. The highest BCUT2D eigenvalue weighted by atomic mass is 19.4. The fourth-order valence-corrected chi connectivity index (χ4v) is 2.77. The standard InChI is InChI=1S/C18H18F3N5O2/c19-18(20,21)14-4-1-13(2-5-14)3-6-16(27)22-11-17(28)25-8-7-15-24-23-12-26(15)10-9-25/h1-6,12H,7-11H2,(H,22,27)/b6-3+. The summed E-state index contributed by atoms with van der Waals surface area (Å²) in [6.45, 7) is 1.43. The Hall–Kier alpha value is -3.17. The van der Waals surface area contributed by atoms with E-state index in [2.05, 4.69) is 15.5 Å². The quantitative estimate of drug-likeness (QED) is 0.799. The molecule has 0 fully saturated rings. The lowest BCUT2D eigenvalue weighted by molar-refractivity contribution is -0.137. The second kappa shape index (κ2) is 8.24. The molecule has 2 aromatic rings. The highest BCUT2D eigenvalue weighted by Crippen LogP contribution is 2.29. The van der Waals surface area contributed by atoms with E-state index in [-0.39, 0.29) is 12.5 Å². The Morgan fingerprint density at radius 1 is 1.14 bits per heavy atom. The Morgan fingerprint density at radius 3 is 2.61 bits per heavy atom. The summed E-state index contributed by atoms with van der Waals surface area (Å²) in [7, 11) is 0. The third-order valence-electron chi connectivity index (χ3n) is 4.34. The van der Waals surface area contributed by atoms with Crippen molar-refractivity contribution in [3.05, 3.63) is 53.6 Å². The molecule has 1 N–H and O–H groups in total. The van der Waals surface area contributed by atoms with Gasteiger partial charge in [-0.25, -0.2) is 0 Å². The molecule has 2 heterocycles. The monoisotopic (exact) mass is 393 g/mol. The number of hydrogen-bond donors (Lipinski definition) is 1. The maximum atomic E-state index is 12.5. The van der Waals surface area contributed by atoms with Crippen LogP contribution in [0.4, 0.5) is 13.2 Å². The summed E-state index contributed by atoms with van der Waals surface area (Å²) >= 11 is 0. The van der Waals surface area contributed by atoms with Gasteiger partial charge < -0.3 is 14.8 Å². The molecule has 0 spiro atoms. The van der Waals surface area contributed by atoms with Gasteiger partial charge in [-0.15, -0.1) is 10.2 Å². The van der Waals surface area contributed by atoms with E-state index >= 15 is 0 Å². The summed E-state index contributed by atoms with van der Waals surface area (Å²) in [4.78, 5) is 25.8. The number of nitrogens with one attached hydrogen (secondary N) is 1. The van der Waals surface area contributed by atoms with E-state index in [0.717, 1.165) is 18.0 Å². The molecular weight excluding hydrogens is 375 g/mol. The fraction of sp³-hybridized carbons (Fsp3) is 0.333. The number of carbonyl (C=O) groups is 2.